The van der Waals surface area contributed by atoms with E-state index in [0.29, 0.717) is 25.7 Å². The van der Waals surface area contributed by atoms with E-state index < -0.39 is 97.5 Å². The summed E-state index contributed by atoms with van der Waals surface area (Å²) in [4.78, 5) is 72.5. The molecule has 17 nitrogen and oxygen atoms in total. The fourth-order valence-corrected chi connectivity index (χ4v) is 12.3. The summed E-state index contributed by atoms with van der Waals surface area (Å²) in [7, 11) is -9.90. The van der Waals surface area contributed by atoms with Gasteiger partial charge in [-0.15, -0.1) is 0 Å². The molecule has 4 unspecified atom stereocenters. The molecule has 0 radical (unpaired) electrons. The van der Waals surface area contributed by atoms with Crippen molar-refractivity contribution < 1.29 is 80.2 Å². The molecule has 3 N–H and O–H groups in total. The molecule has 0 aliphatic rings. The smallest absolute Gasteiger partial charge is 0.462 e. The van der Waals surface area contributed by atoms with Crippen molar-refractivity contribution in [3.05, 3.63) is 0 Å². The van der Waals surface area contributed by atoms with E-state index in [1.54, 1.807) is 0 Å². The highest BCUT2D eigenvalue weighted by molar-refractivity contribution is 7.47. The van der Waals surface area contributed by atoms with Gasteiger partial charge in [-0.3, -0.25) is 37.3 Å². The summed E-state index contributed by atoms with van der Waals surface area (Å²) in [6, 6.07) is 0. The molecule has 19 heteroatoms. The van der Waals surface area contributed by atoms with Crippen LogP contribution in [0.4, 0.5) is 0 Å². The molecule has 0 fully saturated rings. The van der Waals surface area contributed by atoms with Gasteiger partial charge in [-0.05, 0) is 37.5 Å². The van der Waals surface area contributed by atoms with Gasteiger partial charge < -0.3 is 33.8 Å². The molecule has 0 aliphatic carbocycles. The highest BCUT2D eigenvalue weighted by Crippen LogP contribution is 2.45. The van der Waals surface area contributed by atoms with Gasteiger partial charge in [0.2, 0.25) is 0 Å². The first-order valence-corrected chi connectivity index (χ1v) is 40.1. The van der Waals surface area contributed by atoms with Crippen LogP contribution in [0.25, 0.3) is 0 Å². The fraction of sp³-hybridized carbons (Fsp3) is 0.944. The van der Waals surface area contributed by atoms with Gasteiger partial charge in [0.25, 0.3) is 0 Å². The first-order valence-electron chi connectivity index (χ1n) is 37.1. The molecule has 0 rings (SSSR count). The van der Waals surface area contributed by atoms with Crippen LogP contribution in [0, 0.1) is 11.8 Å². The van der Waals surface area contributed by atoms with E-state index in [-0.39, 0.29) is 25.7 Å². The predicted molar refractivity (Wildman–Crippen MR) is 363 cm³/mol. The molecule has 534 valence electrons. The minimum absolute atomic E-state index is 0.105. The molecule has 0 aromatic rings. The summed E-state index contributed by atoms with van der Waals surface area (Å²) < 4.78 is 68.2. The van der Waals surface area contributed by atoms with E-state index in [1.807, 2.05) is 0 Å². The molecule has 0 amide bonds. The summed E-state index contributed by atoms with van der Waals surface area (Å²) in [6.07, 6.45) is 48.6. The standard InChI is InChI=1S/C71H138O17P2/c1-7-11-13-15-17-18-19-20-21-22-23-24-25-30-37-43-49-55-70(75)87-67(60-82-69(74)54-48-42-36-29-27-26-28-34-39-45-51-63(5)9-3)62-86-90(79,80)84-58-65(72)57-83-89(77,78)85-61-66(59-81-68(73)53-47-41-33-16-14-12-8-2)88-71(76)56-50-44-38-32-31-35-40-46-52-64(6)10-4/h63-67,72H,7-62H2,1-6H3,(H,77,78)(H,79,80)/t63?,64?,65-,66+,67+/m0/s1. The first-order chi connectivity index (χ1) is 43.4. The van der Waals surface area contributed by atoms with Crippen LogP contribution < -0.4 is 0 Å². The molecule has 0 aromatic carbocycles. The zero-order valence-corrected chi connectivity index (χ0v) is 60.2. The lowest BCUT2D eigenvalue weighted by molar-refractivity contribution is -0.161. The van der Waals surface area contributed by atoms with Gasteiger partial charge in [0.1, 0.15) is 19.3 Å². The molecule has 0 heterocycles. The van der Waals surface area contributed by atoms with E-state index in [0.717, 1.165) is 115 Å². The third-order valence-electron chi connectivity index (χ3n) is 17.2. The SMILES string of the molecule is CCCCCCCCCCCCCCCCCCCC(=O)O[C@H](COC(=O)CCCCCCCCCCCCC(C)CC)COP(=O)(O)OC[C@@H](O)COP(=O)(O)OC[C@@H](COC(=O)CCCCCCCCC)OC(=O)CCCCCCCCCCC(C)CC. The Kier molecular flexibility index (Phi) is 61.8. The lowest BCUT2D eigenvalue weighted by Gasteiger charge is -2.21. The van der Waals surface area contributed by atoms with E-state index in [2.05, 4.69) is 41.5 Å². The zero-order valence-electron chi connectivity index (χ0n) is 58.4. The number of ether oxygens (including phenoxy) is 4. The molecule has 0 aromatic heterocycles. The third-order valence-corrected chi connectivity index (χ3v) is 19.1. The van der Waals surface area contributed by atoms with Gasteiger partial charge in [-0.1, -0.05) is 311 Å². The maximum atomic E-state index is 13.0. The zero-order chi connectivity index (χ0) is 66.5. The van der Waals surface area contributed by atoms with Crippen LogP contribution in [0.2, 0.25) is 0 Å². The van der Waals surface area contributed by atoms with Crippen LogP contribution in [0.3, 0.4) is 0 Å². The molecule has 0 saturated heterocycles. The molecule has 0 saturated carbocycles. The van der Waals surface area contributed by atoms with Gasteiger partial charge >= 0.3 is 39.5 Å². The van der Waals surface area contributed by atoms with Crippen molar-refractivity contribution in [2.24, 2.45) is 11.8 Å². The number of esters is 4. The quantitative estimate of drug-likeness (QED) is 0.0222. The van der Waals surface area contributed by atoms with Crippen molar-refractivity contribution in [3.63, 3.8) is 0 Å². The Labute approximate surface area is 549 Å². The topological polar surface area (TPSA) is 237 Å². The molecular formula is C71H138O17P2. The van der Waals surface area contributed by atoms with Gasteiger partial charge in [0.05, 0.1) is 26.4 Å². The average Bonchev–Trinajstić information content (AvgIpc) is 3.69. The Balaban J connectivity index is 5.21. The Hall–Kier alpha value is -1.94. The number of aliphatic hydroxyl groups excluding tert-OH is 1. The van der Waals surface area contributed by atoms with Crippen molar-refractivity contribution in [1.82, 2.24) is 0 Å². The number of carbonyl (C=O) groups is 4. The number of hydrogen-bond donors (Lipinski definition) is 3. The first kappa shape index (κ1) is 88.1. The van der Waals surface area contributed by atoms with Crippen LogP contribution in [-0.4, -0.2) is 96.7 Å². The van der Waals surface area contributed by atoms with E-state index in [4.69, 9.17) is 37.0 Å². The van der Waals surface area contributed by atoms with Crippen molar-refractivity contribution in [2.45, 2.75) is 381 Å². The maximum Gasteiger partial charge on any atom is 0.472 e. The number of phosphoric acid groups is 2. The molecule has 0 bridgehead atoms. The highest BCUT2D eigenvalue weighted by Gasteiger charge is 2.30. The van der Waals surface area contributed by atoms with E-state index in [1.165, 1.54) is 167 Å². The number of aliphatic hydroxyl groups is 1. The monoisotopic (exact) mass is 1320 g/mol. The molecule has 0 spiro atoms. The Morgan fingerprint density at radius 1 is 0.311 bits per heavy atom. The summed E-state index contributed by atoms with van der Waals surface area (Å²) in [5.41, 5.74) is 0. The van der Waals surface area contributed by atoms with Gasteiger partial charge in [0, 0.05) is 25.7 Å². The second-order valence-corrected chi connectivity index (χ2v) is 29.0. The predicted octanol–water partition coefficient (Wildman–Crippen LogP) is 20.4. The van der Waals surface area contributed by atoms with Crippen LogP contribution in [-0.2, 0) is 65.4 Å². The van der Waals surface area contributed by atoms with Crippen LogP contribution in [0.15, 0.2) is 0 Å². The van der Waals surface area contributed by atoms with Crippen LogP contribution in [0.1, 0.15) is 363 Å². The fourth-order valence-electron chi connectivity index (χ4n) is 10.7. The minimum Gasteiger partial charge on any atom is -0.462 e. The van der Waals surface area contributed by atoms with Crippen LogP contribution in [0.5, 0.6) is 0 Å². The summed E-state index contributed by atoms with van der Waals surface area (Å²) in [6.45, 7) is 9.54. The summed E-state index contributed by atoms with van der Waals surface area (Å²) in [5, 5.41) is 10.6. The maximum absolute atomic E-state index is 13.0. The summed E-state index contributed by atoms with van der Waals surface area (Å²) in [5.74, 6) is -0.548. The molecule has 90 heavy (non-hydrogen) atoms. The Morgan fingerprint density at radius 3 is 0.789 bits per heavy atom. The number of phosphoric ester groups is 2. The van der Waals surface area contributed by atoms with Gasteiger partial charge in [0.15, 0.2) is 12.2 Å². The minimum atomic E-state index is -4.95. The van der Waals surface area contributed by atoms with Gasteiger partial charge in [-0.2, -0.15) is 0 Å². The van der Waals surface area contributed by atoms with E-state index >= 15 is 0 Å². The van der Waals surface area contributed by atoms with Crippen molar-refractivity contribution in [3.8, 4) is 0 Å². The Bertz CT molecular complexity index is 1760. The average molecular weight is 1330 g/mol. The van der Waals surface area contributed by atoms with Crippen molar-refractivity contribution in [1.29, 1.82) is 0 Å². The second-order valence-electron chi connectivity index (χ2n) is 26.1. The lowest BCUT2D eigenvalue weighted by Crippen LogP contribution is -2.30. The summed E-state index contributed by atoms with van der Waals surface area (Å²) >= 11 is 0. The normalized spacial score (nSPS) is 14.7. The highest BCUT2D eigenvalue weighted by atomic mass is 31.2. The number of hydrogen-bond acceptors (Lipinski definition) is 15. The van der Waals surface area contributed by atoms with Crippen molar-refractivity contribution >= 4 is 39.5 Å². The van der Waals surface area contributed by atoms with Crippen molar-refractivity contribution in [2.75, 3.05) is 39.6 Å². The van der Waals surface area contributed by atoms with Gasteiger partial charge in [-0.25, -0.2) is 9.13 Å². The lowest BCUT2D eigenvalue weighted by atomic mass is 9.99. The number of carbonyl (C=O) groups excluding carboxylic acids is 4. The third kappa shape index (κ3) is 62.2. The number of rotatable bonds is 70. The van der Waals surface area contributed by atoms with Crippen LogP contribution >= 0.6 is 15.6 Å². The molecule has 7 atom stereocenters. The number of unbranched alkanes of at least 4 members (excludes halogenated alkanes) is 38. The largest absolute Gasteiger partial charge is 0.472 e. The molecule has 0 aliphatic heterocycles. The Morgan fingerprint density at radius 2 is 0.533 bits per heavy atom. The van der Waals surface area contributed by atoms with E-state index in [9.17, 15) is 43.2 Å². The molecular weight excluding hydrogens is 1190 g/mol. The second kappa shape index (κ2) is 63.1.